The highest BCUT2D eigenvalue weighted by molar-refractivity contribution is 14.1. The van der Waals surface area contributed by atoms with Gasteiger partial charge < -0.3 is 10.8 Å². The molecule has 0 aromatic carbocycles. The number of rotatable bonds is 2. The van der Waals surface area contributed by atoms with Crippen molar-refractivity contribution >= 4 is 28.6 Å². The molecule has 0 rings (SSSR count). The lowest BCUT2D eigenvalue weighted by Crippen LogP contribution is -2.00. The lowest BCUT2D eigenvalue weighted by Gasteiger charge is -1.85. The molecule has 0 saturated heterocycles. The molecule has 0 heterocycles. The number of nitrogens with two attached hydrogens (primary N) is 1. The Balaban J connectivity index is 3.75. The fraction of sp³-hybridized carbons (Fsp3) is 0.250. The Kier molecular flexibility index (Phi) is 3.80. The maximum Gasteiger partial charge on any atom is 0.329 e. The second-order valence-corrected chi connectivity index (χ2v) is 2.52. The highest BCUT2D eigenvalue weighted by Crippen LogP contribution is 2.00. The lowest BCUT2D eigenvalue weighted by atomic mass is 10.5. The first-order chi connectivity index (χ1) is 3.66. The molecular formula is C4H6INO2. The Hall–Kier alpha value is -0.100. The topological polar surface area (TPSA) is 63.3 Å². The predicted molar refractivity (Wildman–Crippen MR) is 38.8 cm³/mol. The van der Waals surface area contributed by atoms with Crippen LogP contribution in [0.2, 0.25) is 0 Å². The third kappa shape index (κ3) is 4.07. The van der Waals surface area contributed by atoms with Crippen LogP contribution in [0.25, 0.3) is 0 Å². The zero-order valence-electron chi connectivity index (χ0n) is 4.10. The summed E-state index contributed by atoms with van der Waals surface area (Å²) in [4.78, 5) is 9.83. The zero-order chi connectivity index (χ0) is 6.57. The summed E-state index contributed by atoms with van der Waals surface area (Å²) in [6.45, 7) is 0.298. The van der Waals surface area contributed by atoms with Gasteiger partial charge in [0.05, 0.1) is 0 Å². The van der Waals surface area contributed by atoms with Crippen molar-refractivity contribution in [1.29, 1.82) is 0 Å². The van der Waals surface area contributed by atoms with E-state index in [1.165, 1.54) is 0 Å². The monoisotopic (exact) mass is 227 g/mol. The summed E-state index contributed by atoms with van der Waals surface area (Å²) in [5, 5.41) is 8.08. The van der Waals surface area contributed by atoms with Gasteiger partial charge in [0.25, 0.3) is 0 Å². The van der Waals surface area contributed by atoms with E-state index in [-0.39, 0.29) is 0 Å². The Morgan fingerprint density at radius 3 is 2.50 bits per heavy atom. The van der Waals surface area contributed by atoms with Gasteiger partial charge in [-0.3, -0.25) is 0 Å². The summed E-state index contributed by atoms with van der Waals surface area (Å²) in [6, 6.07) is 0. The minimum atomic E-state index is -0.945. The molecule has 0 radical (unpaired) electrons. The fourth-order valence-corrected chi connectivity index (χ4v) is 0.459. The van der Waals surface area contributed by atoms with Crippen molar-refractivity contribution < 1.29 is 9.90 Å². The van der Waals surface area contributed by atoms with Crippen molar-refractivity contribution in [3.63, 3.8) is 0 Å². The highest BCUT2D eigenvalue weighted by atomic mass is 127. The summed E-state index contributed by atoms with van der Waals surface area (Å²) >= 11 is 1.88. The number of carboxylic acid groups (broad SMARTS) is 1. The molecule has 46 valence electrons. The van der Waals surface area contributed by atoms with Crippen LogP contribution in [0.1, 0.15) is 0 Å². The molecule has 0 aliphatic heterocycles. The van der Waals surface area contributed by atoms with Crippen LogP contribution in [0.15, 0.2) is 9.66 Å². The summed E-state index contributed by atoms with van der Waals surface area (Å²) < 4.78 is 0.648. The van der Waals surface area contributed by atoms with E-state index in [2.05, 4.69) is 0 Å². The number of hydrogen-bond donors (Lipinski definition) is 2. The first kappa shape index (κ1) is 7.90. The Morgan fingerprint density at radius 2 is 2.38 bits per heavy atom. The standard InChI is InChI=1S/C4H6INO2/c5-3(2-6)1-4(7)8/h1H,2,6H2,(H,7,8)/b3-1-. The number of carbonyl (C=O) groups is 1. The zero-order valence-corrected chi connectivity index (χ0v) is 6.25. The van der Waals surface area contributed by atoms with Gasteiger partial charge in [0.15, 0.2) is 0 Å². The number of hydrogen-bond acceptors (Lipinski definition) is 2. The van der Waals surface area contributed by atoms with Gasteiger partial charge in [-0.05, 0) is 22.6 Å². The highest BCUT2D eigenvalue weighted by Gasteiger charge is 1.90. The van der Waals surface area contributed by atoms with E-state index >= 15 is 0 Å². The molecule has 0 amide bonds. The molecule has 0 fully saturated rings. The maximum absolute atomic E-state index is 9.83. The van der Waals surface area contributed by atoms with Crippen molar-refractivity contribution in [3.8, 4) is 0 Å². The van der Waals surface area contributed by atoms with E-state index in [0.717, 1.165) is 6.08 Å². The third-order valence-corrected chi connectivity index (χ3v) is 1.23. The van der Waals surface area contributed by atoms with Crippen molar-refractivity contribution in [2.45, 2.75) is 0 Å². The van der Waals surface area contributed by atoms with E-state index in [4.69, 9.17) is 10.8 Å². The van der Waals surface area contributed by atoms with Crippen LogP contribution in [0.3, 0.4) is 0 Å². The molecule has 4 heteroatoms. The molecule has 8 heavy (non-hydrogen) atoms. The smallest absolute Gasteiger partial charge is 0.329 e. The average Bonchev–Trinajstić information content (AvgIpc) is 1.65. The predicted octanol–water partition coefficient (Wildman–Crippen LogP) is 0.349. The van der Waals surface area contributed by atoms with Crippen molar-refractivity contribution in [2.75, 3.05) is 6.54 Å². The molecule has 0 spiro atoms. The number of carboxylic acids is 1. The van der Waals surface area contributed by atoms with Crippen LogP contribution in [-0.4, -0.2) is 17.6 Å². The summed E-state index contributed by atoms with van der Waals surface area (Å²) in [5.41, 5.74) is 5.08. The van der Waals surface area contributed by atoms with Gasteiger partial charge in [-0.2, -0.15) is 0 Å². The van der Waals surface area contributed by atoms with Crippen molar-refractivity contribution in [2.24, 2.45) is 5.73 Å². The van der Waals surface area contributed by atoms with Gasteiger partial charge >= 0.3 is 5.97 Å². The average molecular weight is 227 g/mol. The molecule has 0 unspecified atom stereocenters. The Morgan fingerprint density at radius 1 is 1.88 bits per heavy atom. The molecule has 0 aromatic rings. The third-order valence-electron chi connectivity index (χ3n) is 0.475. The van der Waals surface area contributed by atoms with Gasteiger partial charge in [0, 0.05) is 16.2 Å². The first-order valence-corrected chi connectivity index (χ1v) is 3.03. The molecular weight excluding hydrogens is 221 g/mol. The van der Waals surface area contributed by atoms with Crippen molar-refractivity contribution in [3.05, 3.63) is 9.66 Å². The Labute approximate surface area is 60.7 Å². The first-order valence-electron chi connectivity index (χ1n) is 1.96. The van der Waals surface area contributed by atoms with Gasteiger partial charge in [-0.15, -0.1) is 0 Å². The van der Waals surface area contributed by atoms with Gasteiger partial charge in [0.2, 0.25) is 0 Å². The largest absolute Gasteiger partial charge is 0.478 e. The minimum Gasteiger partial charge on any atom is -0.478 e. The van der Waals surface area contributed by atoms with E-state index in [9.17, 15) is 4.79 Å². The van der Waals surface area contributed by atoms with Gasteiger partial charge in [-0.25, -0.2) is 4.79 Å². The van der Waals surface area contributed by atoms with Gasteiger partial charge in [-0.1, -0.05) is 0 Å². The van der Waals surface area contributed by atoms with Crippen LogP contribution < -0.4 is 5.73 Å². The molecule has 3 N–H and O–H groups in total. The molecule has 0 saturated carbocycles. The van der Waals surface area contributed by atoms with Crippen LogP contribution >= 0.6 is 22.6 Å². The molecule has 0 aromatic heterocycles. The second kappa shape index (κ2) is 3.85. The number of halogens is 1. The molecule has 0 aliphatic carbocycles. The quantitative estimate of drug-likeness (QED) is 0.528. The van der Waals surface area contributed by atoms with E-state index in [1.54, 1.807) is 0 Å². The molecule has 3 nitrogen and oxygen atoms in total. The summed E-state index contributed by atoms with van der Waals surface area (Å²) in [5.74, 6) is -0.945. The van der Waals surface area contributed by atoms with E-state index < -0.39 is 5.97 Å². The van der Waals surface area contributed by atoms with Crippen molar-refractivity contribution in [1.82, 2.24) is 0 Å². The maximum atomic E-state index is 9.83. The number of aliphatic carboxylic acids is 1. The van der Waals surface area contributed by atoms with Gasteiger partial charge in [0.1, 0.15) is 0 Å². The SMILES string of the molecule is NC/C(I)=C/C(=O)O. The van der Waals surface area contributed by atoms with Crippen LogP contribution in [0, 0.1) is 0 Å². The minimum absolute atomic E-state index is 0.298. The van der Waals surface area contributed by atoms with E-state index in [0.29, 0.717) is 10.1 Å². The molecule has 0 atom stereocenters. The fourth-order valence-electron chi connectivity index (χ4n) is 0.193. The molecule has 0 bridgehead atoms. The summed E-state index contributed by atoms with van der Waals surface area (Å²) in [7, 11) is 0. The summed E-state index contributed by atoms with van der Waals surface area (Å²) in [6.07, 6.45) is 1.08. The lowest BCUT2D eigenvalue weighted by molar-refractivity contribution is -0.131. The van der Waals surface area contributed by atoms with Crippen LogP contribution in [0.5, 0.6) is 0 Å². The van der Waals surface area contributed by atoms with E-state index in [1.807, 2.05) is 22.6 Å². The normalized spacial score (nSPS) is 11.5. The molecule has 0 aliphatic rings. The van der Waals surface area contributed by atoms with Crippen LogP contribution in [-0.2, 0) is 4.79 Å². The Bertz CT molecular complexity index is 121. The van der Waals surface area contributed by atoms with Crippen LogP contribution in [0.4, 0.5) is 0 Å². The second-order valence-electron chi connectivity index (χ2n) is 1.13.